The number of carbonyl (C=O) groups excluding carboxylic acids is 1. The van der Waals surface area contributed by atoms with Gasteiger partial charge in [0.2, 0.25) is 5.91 Å². The van der Waals surface area contributed by atoms with Crippen molar-refractivity contribution in [3.05, 3.63) is 66.1 Å². The summed E-state index contributed by atoms with van der Waals surface area (Å²) in [5, 5.41) is 3.01. The van der Waals surface area contributed by atoms with E-state index in [0.717, 1.165) is 24.4 Å². The molecule has 4 nitrogen and oxygen atoms in total. The number of hydrogen-bond donors (Lipinski definition) is 2. The van der Waals surface area contributed by atoms with Crippen LogP contribution in [-0.4, -0.2) is 25.5 Å². The number of carbonyl (C=O) groups is 1. The zero-order valence-electron chi connectivity index (χ0n) is 13.2. The van der Waals surface area contributed by atoms with Gasteiger partial charge in [-0.2, -0.15) is 0 Å². The highest BCUT2D eigenvalue weighted by Gasteiger charge is 2.29. The van der Waals surface area contributed by atoms with E-state index in [-0.39, 0.29) is 11.9 Å². The van der Waals surface area contributed by atoms with E-state index >= 15 is 0 Å². The van der Waals surface area contributed by atoms with E-state index in [1.165, 1.54) is 17.7 Å². The van der Waals surface area contributed by atoms with Gasteiger partial charge in [-0.15, -0.1) is 0 Å². The first kappa shape index (κ1) is 15.6. The number of rotatable bonds is 6. The summed E-state index contributed by atoms with van der Waals surface area (Å²) in [5.74, 6) is 0.887. The quantitative estimate of drug-likeness (QED) is 0.800. The Hall–Kier alpha value is -2.33. The van der Waals surface area contributed by atoms with Crippen molar-refractivity contribution in [2.45, 2.75) is 18.9 Å². The molecule has 23 heavy (non-hydrogen) atoms. The third-order valence-corrected chi connectivity index (χ3v) is 4.33. The maximum atomic E-state index is 12.1. The van der Waals surface area contributed by atoms with E-state index in [9.17, 15) is 4.79 Å². The molecular weight excluding hydrogens is 288 g/mol. The number of quaternary nitrogens is 1. The zero-order valence-corrected chi connectivity index (χ0v) is 13.2. The number of hydrogen-bond acceptors (Lipinski definition) is 2. The van der Waals surface area contributed by atoms with Gasteiger partial charge in [-0.1, -0.05) is 30.3 Å². The fourth-order valence-corrected chi connectivity index (χ4v) is 3.11. The second kappa shape index (κ2) is 7.79. The molecular formula is C19H23N2O2+. The summed E-state index contributed by atoms with van der Waals surface area (Å²) in [6, 6.07) is 13.9. The van der Waals surface area contributed by atoms with Crippen LogP contribution in [-0.2, 0) is 4.79 Å². The zero-order chi connectivity index (χ0) is 15.9. The minimum absolute atomic E-state index is 0.0657. The van der Waals surface area contributed by atoms with E-state index in [1.807, 2.05) is 48.5 Å². The van der Waals surface area contributed by atoms with Crippen molar-refractivity contribution in [1.29, 1.82) is 0 Å². The predicted octanol–water partition coefficient (Wildman–Crippen LogP) is 1.83. The minimum Gasteiger partial charge on any atom is -0.463 e. The van der Waals surface area contributed by atoms with Crippen molar-refractivity contribution < 1.29 is 14.1 Å². The van der Waals surface area contributed by atoms with Gasteiger partial charge in [-0.25, -0.2) is 0 Å². The molecule has 1 aromatic carbocycles. The van der Waals surface area contributed by atoms with Crippen LogP contribution >= 0.6 is 0 Å². The predicted molar refractivity (Wildman–Crippen MR) is 89.9 cm³/mol. The number of amides is 1. The highest BCUT2D eigenvalue weighted by molar-refractivity contribution is 5.91. The normalized spacial score (nSPS) is 16.7. The Bertz CT molecular complexity index is 629. The number of furan rings is 1. The summed E-state index contributed by atoms with van der Waals surface area (Å²) in [5.41, 5.74) is 1.02. The van der Waals surface area contributed by atoms with Gasteiger partial charge in [0, 0.05) is 18.9 Å². The Labute approximate surface area is 136 Å². The average molecular weight is 311 g/mol. The minimum atomic E-state index is -0.0657. The molecule has 2 aromatic rings. The van der Waals surface area contributed by atoms with Crippen molar-refractivity contribution in [2.75, 3.05) is 19.6 Å². The summed E-state index contributed by atoms with van der Waals surface area (Å²) in [4.78, 5) is 13.6. The van der Waals surface area contributed by atoms with E-state index in [1.54, 1.807) is 12.3 Å². The summed E-state index contributed by atoms with van der Waals surface area (Å²) >= 11 is 0. The topological polar surface area (TPSA) is 46.7 Å². The van der Waals surface area contributed by atoms with Crippen molar-refractivity contribution in [1.82, 2.24) is 5.32 Å². The fourth-order valence-electron chi connectivity index (χ4n) is 3.11. The largest absolute Gasteiger partial charge is 0.463 e. The molecule has 0 spiro atoms. The summed E-state index contributed by atoms with van der Waals surface area (Å²) in [6.07, 6.45) is 7.62. The standard InChI is InChI=1S/C19H22N2O2/c22-19(11-10-16-7-2-1-3-8-16)20-15-17(18-9-6-14-23-18)21-12-4-5-13-21/h1-3,6-11,14,17H,4-5,12-13,15H2,(H,20,22)/p+1/b11-10+/t17-/m1/s1. The molecule has 1 fully saturated rings. The second-order valence-electron chi connectivity index (χ2n) is 5.92. The van der Waals surface area contributed by atoms with Crippen LogP contribution in [0.3, 0.4) is 0 Å². The van der Waals surface area contributed by atoms with Crippen LogP contribution in [0.5, 0.6) is 0 Å². The first-order valence-corrected chi connectivity index (χ1v) is 8.22. The Morgan fingerprint density at radius 2 is 1.96 bits per heavy atom. The monoisotopic (exact) mass is 311 g/mol. The van der Waals surface area contributed by atoms with Crippen LogP contribution in [0.1, 0.15) is 30.2 Å². The van der Waals surface area contributed by atoms with Gasteiger partial charge in [0.15, 0.2) is 11.8 Å². The molecule has 1 amide bonds. The van der Waals surface area contributed by atoms with Crippen LogP contribution in [0.4, 0.5) is 0 Å². The van der Waals surface area contributed by atoms with Crippen LogP contribution in [0.15, 0.2) is 59.2 Å². The van der Waals surface area contributed by atoms with E-state index in [2.05, 4.69) is 5.32 Å². The molecule has 4 heteroatoms. The van der Waals surface area contributed by atoms with Crippen molar-refractivity contribution >= 4 is 12.0 Å². The molecule has 3 rings (SSSR count). The molecule has 1 aliphatic rings. The lowest BCUT2D eigenvalue weighted by molar-refractivity contribution is -0.919. The lowest BCUT2D eigenvalue weighted by Gasteiger charge is -2.22. The van der Waals surface area contributed by atoms with E-state index in [4.69, 9.17) is 4.42 Å². The lowest BCUT2D eigenvalue weighted by atomic mass is 10.2. The van der Waals surface area contributed by atoms with Crippen molar-refractivity contribution in [2.24, 2.45) is 0 Å². The Morgan fingerprint density at radius 1 is 1.17 bits per heavy atom. The molecule has 0 saturated carbocycles. The Morgan fingerprint density at radius 3 is 2.65 bits per heavy atom. The maximum absolute atomic E-state index is 12.1. The molecule has 0 radical (unpaired) electrons. The molecule has 0 aliphatic carbocycles. The number of likely N-dealkylation sites (tertiary alicyclic amines) is 1. The van der Waals surface area contributed by atoms with Gasteiger partial charge in [0.05, 0.1) is 25.9 Å². The smallest absolute Gasteiger partial charge is 0.244 e. The molecule has 2 heterocycles. The van der Waals surface area contributed by atoms with Gasteiger partial charge < -0.3 is 14.6 Å². The van der Waals surface area contributed by atoms with Gasteiger partial charge in [-0.3, -0.25) is 4.79 Å². The van der Waals surface area contributed by atoms with Gasteiger partial charge in [0.25, 0.3) is 0 Å². The molecule has 2 N–H and O–H groups in total. The average Bonchev–Trinajstić information content (AvgIpc) is 3.28. The molecule has 120 valence electrons. The van der Waals surface area contributed by atoms with E-state index in [0.29, 0.717) is 6.54 Å². The third kappa shape index (κ3) is 4.33. The molecule has 0 bridgehead atoms. The highest BCUT2D eigenvalue weighted by Crippen LogP contribution is 2.11. The van der Waals surface area contributed by atoms with Gasteiger partial charge >= 0.3 is 0 Å². The summed E-state index contributed by atoms with van der Waals surface area (Å²) < 4.78 is 5.58. The lowest BCUT2D eigenvalue weighted by Crippen LogP contribution is -3.11. The molecule has 0 unspecified atom stereocenters. The Kier molecular flexibility index (Phi) is 5.27. The van der Waals surface area contributed by atoms with Crippen LogP contribution in [0.25, 0.3) is 6.08 Å². The van der Waals surface area contributed by atoms with E-state index < -0.39 is 0 Å². The van der Waals surface area contributed by atoms with Gasteiger partial charge in [-0.05, 0) is 23.8 Å². The third-order valence-electron chi connectivity index (χ3n) is 4.33. The van der Waals surface area contributed by atoms with Gasteiger partial charge in [0.1, 0.15) is 0 Å². The fraction of sp³-hybridized carbons (Fsp3) is 0.316. The van der Waals surface area contributed by atoms with Crippen molar-refractivity contribution in [3.8, 4) is 0 Å². The summed E-state index contributed by atoms with van der Waals surface area (Å²) in [7, 11) is 0. The molecule has 1 aliphatic heterocycles. The maximum Gasteiger partial charge on any atom is 0.244 e. The highest BCUT2D eigenvalue weighted by atomic mass is 16.3. The molecule has 1 atom stereocenters. The van der Waals surface area contributed by atoms with Crippen molar-refractivity contribution in [3.63, 3.8) is 0 Å². The SMILES string of the molecule is O=C(/C=C/c1ccccc1)NC[C@H](c1ccco1)[NH+]1CCCC1. The molecule has 1 aromatic heterocycles. The first-order chi connectivity index (χ1) is 11.3. The van der Waals surface area contributed by atoms with Crippen LogP contribution < -0.4 is 10.2 Å². The van der Waals surface area contributed by atoms with Crippen LogP contribution in [0, 0.1) is 0 Å². The number of benzene rings is 1. The first-order valence-electron chi connectivity index (χ1n) is 8.22. The van der Waals surface area contributed by atoms with Crippen LogP contribution in [0.2, 0.25) is 0 Å². The molecule has 1 saturated heterocycles. The second-order valence-corrected chi connectivity index (χ2v) is 5.92. The Balaban J connectivity index is 1.58. The summed E-state index contributed by atoms with van der Waals surface area (Å²) in [6.45, 7) is 2.88. The number of nitrogens with one attached hydrogen (secondary N) is 2.